The normalized spacial score (nSPS) is 15.6. The van der Waals surface area contributed by atoms with Crippen molar-refractivity contribution >= 4 is 29.0 Å². The van der Waals surface area contributed by atoms with Crippen LogP contribution in [0, 0.1) is 5.92 Å². The number of piperidine rings is 1. The van der Waals surface area contributed by atoms with Crippen LogP contribution in [0.25, 0.3) is 0 Å². The second-order valence-corrected chi connectivity index (χ2v) is 9.42. The summed E-state index contributed by atoms with van der Waals surface area (Å²) in [5, 5.41) is 11.7. The quantitative estimate of drug-likeness (QED) is 0.589. The van der Waals surface area contributed by atoms with Crippen molar-refractivity contribution in [3.63, 3.8) is 0 Å². The zero-order chi connectivity index (χ0) is 20.3. The van der Waals surface area contributed by atoms with Gasteiger partial charge in [-0.3, -0.25) is 4.79 Å². The van der Waals surface area contributed by atoms with Crippen molar-refractivity contribution in [3.05, 3.63) is 30.1 Å². The number of hydrogen-bond acceptors (Lipinski definition) is 6. The average Bonchev–Trinajstić information content (AvgIpc) is 3.02. The summed E-state index contributed by atoms with van der Waals surface area (Å²) in [6, 6.07) is 8.06. The Labute approximate surface area is 171 Å². The van der Waals surface area contributed by atoms with E-state index < -0.39 is 0 Å². The third kappa shape index (κ3) is 4.98. The molecule has 0 bridgehead atoms. The van der Waals surface area contributed by atoms with Crippen LogP contribution in [0.5, 0.6) is 0 Å². The number of nitrogen functional groups attached to an aromatic ring is 1. The second-order valence-electron chi connectivity index (χ2n) is 8.48. The molecule has 8 heteroatoms. The molecule has 3 N–H and O–H groups in total. The molecule has 1 aromatic heterocycles. The third-order valence-electron chi connectivity index (χ3n) is 4.97. The van der Waals surface area contributed by atoms with Crippen LogP contribution in [0.2, 0.25) is 0 Å². The van der Waals surface area contributed by atoms with E-state index >= 15 is 0 Å². The first-order valence-electron chi connectivity index (χ1n) is 9.72. The van der Waals surface area contributed by atoms with Crippen molar-refractivity contribution < 1.29 is 4.79 Å². The monoisotopic (exact) mass is 402 g/mol. The number of nitrogens with zero attached hydrogens (tertiary/aromatic N) is 4. The first-order valence-corrected chi connectivity index (χ1v) is 10.7. The molecule has 1 amide bonds. The molecule has 152 valence electrons. The van der Waals surface area contributed by atoms with Crippen LogP contribution in [-0.2, 0) is 10.2 Å². The van der Waals surface area contributed by atoms with E-state index in [1.54, 1.807) is 0 Å². The minimum atomic E-state index is -0.197. The number of nitrogens with one attached hydrogen (secondary N) is 1. The Bertz CT molecular complexity index is 803. The highest BCUT2D eigenvalue weighted by Crippen LogP contribution is 2.25. The third-order valence-corrected chi connectivity index (χ3v) is 5.91. The van der Waals surface area contributed by atoms with Gasteiger partial charge in [-0.25, -0.2) is 4.68 Å². The summed E-state index contributed by atoms with van der Waals surface area (Å²) < 4.78 is 1.46. The predicted octanol–water partition coefficient (Wildman–Crippen LogP) is 3.26. The van der Waals surface area contributed by atoms with Gasteiger partial charge >= 0.3 is 0 Å². The summed E-state index contributed by atoms with van der Waals surface area (Å²) in [6.07, 6.45) is 2.47. The Morgan fingerprint density at radius 2 is 1.86 bits per heavy atom. The highest BCUT2D eigenvalue weighted by molar-refractivity contribution is 7.99. The topological polar surface area (TPSA) is 89.1 Å². The molecule has 0 spiro atoms. The Balaban J connectivity index is 1.52. The lowest BCUT2D eigenvalue weighted by molar-refractivity contribution is -0.113. The number of hydrogen-bond donors (Lipinski definition) is 2. The number of amides is 1. The van der Waals surface area contributed by atoms with Crippen molar-refractivity contribution in [2.75, 3.05) is 34.9 Å². The number of carbonyl (C=O) groups is 1. The Kier molecular flexibility index (Phi) is 6.17. The van der Waals surface area contributed by atoms with Crippen LogP contribution in [-0.4, -0.2) is 39.6 Å². The highest BCUT2D eigenvalue weighted by atomic mass is 32.2. The van der Waals surface area contributed by atoms with Gasteiger partial charge in [0.2, 0.25) is 11.1 Å². The molecule has 1 aliphatic heterocycles. The Morgan fingerprint density at radius 3 is 2.43 bits per heavy atom. The number of carbonyl (C=O) groups excluding carboxylic acids is 1. The van der Waals surface area contributed by atoms with E-state index in [-0.39, 0.29) is 17.1 Å². The van der Waals surface area contributed by atoms with E-state index in [4.69, 9.17) is 5.84 Å². The second kappa shape index (κ2) is 8.43. The Morgan fingerprint density at radius 1 is 1.21 bits per heavy atom. The van der Waals surface area contributed by atoms with Gasteiger partial charge in [-0.1, -0.05) is 39.5 Å². The first-order chi connectivity index (χ1) is 13.2. The fourth-order valence-corrected chi connectivity index (χ4v) is 3.89. The van der Waals surface area contributed by atoms with Crippen LogP contribution in [0.1, 0.15) is 46.4 Å². The highest BCUT2D eigenvalue weighted by Gasteiger charge is 2.23. The minimum Gasteiger partial charge on any atom is -0.372 e. The standard InChI is InChI=1S/C20H30N6OS/c1-14-9-11-25(12-10-14)16-7-5-15(6-8-16)22-17(27)13-28-19-24-23-18(26(19)21)20(2,3)4/h5-8,14H,9-13,21H2,1-4H3,(H,22,27). The lowest BCUT2D eigenvalue weighted by Crippen LogP contribution is -2.32. The summed E-state index contributed by atoms with van der Waals surface area (Å²) >= 11 is 1.28. The van der Waals surface area contributed by atoms with Gasteiger partial charge in [0.15, 0.2) is 5.82 Å². The maximum atomic E-state index is 12.3. The summed E-state index contributed by atoms with van der Waals surface area (Å²) in [4.78, 5) is 14.7. The predicted molar refractivity (Wildman–Crippen MR) is 115 cm³/mol. The van der Waals surface area contributed by atoms with Crippen LogP contribution in [0.3, 0.4) is 0 Å². The van der Waals surface area contributed by atoms with Crippen LogP contribution in [0.4, 0.5) is 11.4 Å². The van der Waals surface area contributed by atoms with Crippen molar-refractivity contribution in [2.45, 2.75) is 51.1 Å². The maximum absolute atomic E-state index is 12.3. The van der Waals surface area contributed by atoms with Crippen LogP contribution >= 0.6 is 11.8 Å². The van der Waals surface area contributed by atoms with Crippen LogP contribution in [0.15, 0.2) is 29.4 Å². The number of rotatable bonds is 5. The van der Waals surface area contributed by atoms with Gasteiger partial charge in [-0.15, -0.1) is 10.2 Å². The lowest BCUT2D eigenvalue weighted by Gasteiger charge is -2.32. The van der Waals surface area contributed by atoms with Gasteiger partial charge < -0.3 is 16.1 Å². The maximum Gasteiger partial charge on any atom is 0.234 e. The molecule has 1 fully saturated rings. The van der Waals surface area contributed by atoms with Gasteiger partial charge in [-0.2, -0.15) is 0 Å². The zero-order valence-corrected chi connectivity index (χ0v) is 17.9. The molecule has 0 aliphatic carbocycles. The summed E-state index contributed by atoms with van der Waals surface area (Å²) in [6.45, 7) is 10.6. The number of nitrogens with two attached hydrogens (primary N) is 1. The molecule has 1 saturated heterocycles. The SMILES string of the molecule is CC1CCN(c2ccc(NC(=O)CSc3nnc(C(C)(C)C)n3N)cc2)CC1. The molecule has 0 radical (unpaired) electrons. The van der Waals surface area contributed by atoms with Gasteiger partial charge in [0.1, 0.15) is 0 Å². The van der Waals surface area contributed by atoms with Gasteiger partial charge in [0, 0.05) is 29.9 Å². The number of anilines is 2. The van der Waals surface area contributed by atoms with Crippen LogP contribution < -0.4 is 16.1 Å². The lowest BCUT2D eigenvalue weighted by atomic mass is 9.96. The van der Waals surface area contributed by atoms with E-state index in [1.807, 2.05) is 32.9 Å². The van der Waals surface area contributed by atoms with E-state index in [9.17, 15) is 4.79 Å². The molecular formula is C20H30N6OS. The van der Waals surface area contributed by atoms with Crippen molar-refractivity contribution in [2.24, 2.45) is 5.92 Å². The van der Waals surface area contributed by atoms with E-state index in [0.29, 0.717) is 11.0 Å². The molecule has 1 aliphatic rings. The first kappa shape index (κ1) is 20.5. The van der Waals surface area contributed by atoms with Gasteiger partial charge in [0.25, 0.3) is 0 Å². The van der Waals surface area contributed by atoms with Crippen molar-refractivity contribution in [1.29, 1.82) is 0 Å². The molecular weight excluding hydrogens is 372 g/mol. The number of thioether (sulfide) groups is 1. The fraction of sp³-hybridized carbons (Fsp3) is 0.550. The van der Waals surface area contributed by atoms with Crippen molar-refractivity contribution in [3.8, 4) is 0 Å². The van der Waals surface area contributed by atoms with E-state index in [0.717, 1.165) is 24.7 Å². The number of benzene rings is 1. The smallest absolute Gasteiger partial charge is 0.234 e. The summed E-state index contributed by atoms with van der Waals surface area (Å²) in [7, 11) is 0. The number of aromatic nitrogens is 3. The van der Waals surface area contributed by atoms with Gasteiger partial charge in [0.05, 0.1) is 5.75 Å². The van der Waals surface area contributed by atoms with E-state index in [1.165, 1.54) is 35.0 Å². The van der Waals surface area contributed by atoms with E-state index in [2.05, 4.69) is 39.5 Å². The molecule has 1 aromatic carbocycles. The average molecular weight is 403 g/mol. The Hall–Kier alpha value is -2.22. The zero-order valence-electron chi connectivity index (χ0n) is 17.1. The molecule has 0 saturated carbocycles. The minimum absolute atomic E-state index is 0.0927. The van der Waals surface area contributed by atoms with Gasteiger partial charge in [-0.05, 0) is 43.0 Å². The largest absolute Gasteiger partial charge is 0.372 e. The fourth-order valence-electron chi connectivity index (χ4n) is 3.24. The molecule has 3 rings (SSSR count). The van der Waals surface area contributed by atoms with Crippen molar-refractivity contribution in [1.82, 2.24) is 14.9 Å². The molecule has 0 unspecified atom stereocenters. The summed E-state index contributed by atoms with van der Waals surface area (Å²) in [5.74, 6) is 7.70. The molecule has 28 heavy (non-hydrogen) atoms. The molecule has 2 heterocycles. The molecule has 0 atom stereocenters. The molecule has 2 aromatic rings. The summed E-state index contributed by atoms with van der Waals surface area (Å²) in [5.41, 5.74) is 1.81. The molecule has 7 nitrogen and oxygen atoms in total.